The van der Waals surface area contributed by atoms with Crippen molar-refractivity contribution in [1.82, 2.24) is 4.57 Å². The van der Waals surface area contributed by atoms with E-state index in [1.807, 2.05) is 0 Å². The molecule has 0 amide bonds. The van der Waals surface area contributed by atoms with Gasteiger partial charge in [-0.05, 0) is 61.0 Å². The van der Waals surface area contributed by atoms with Crippen molar-refractivity contribution in [2.75, 3.05) is 18.9 Å². The van der Waals surface area contributed by atoms with Gasteiger partial charge in [0.15, 0.2) is 0 Å². The summed E-state index contributed by atoms with van der Waals surface area (Å²) in [4.78, 5) is 34.9. The first kappa shape index (κ1) is 23.5. The van der Waals surface area contributed by atoms with Crippen LogP contribution in [0.15, 0.2) is 59.6 Å². The molecule has 0 saturated carbocycles. The minimum absolute atomic E-state index is 0.0498. The fourth-order valence-corrected chi connectivity index (χ4v) is 4.50. The molecule has 172 valence electrons. The van der Waals surface area contributed by atoms with Crippen LogP contribution in [0.2, 0.25) is 0 Å². The van der Waals surface area contributed by atoms with E-state index in [9.17, 15) is 27.9 Å². The number of nitrogens with one attached hydrogen (secondary N) is 1. The molecule has 1 heterocycles. The quantitative estimate of drug-likeness (QED) is 0.500. The third kappa shape index (κ3) is 4.72. The fraction of sp³-hybridized carbons (Fsp3) is 0.136. The van der Waals surface area contributed by atoms with Crippen LogP contribution in [0.4, 0.5) is 5.69 Å². The van der Waals surface area contributed by atoms with Gasteiger partial charge in [0, 0.05) is 17.6 Å². The van der Waals surface area contributed by atoms with Crippen LogP contribution < -0.4 is 4.72 Å². The molecule has 2 aromatic carbocycles. The molecule has 11 heteroatoms. The van der Waals surface area contributed by atoms with E-state index >= 15 is 0 Å². The predicted molar refractivity (Wildman–Crippen MR) is 117 cm³/mol. The molecule has 0 aliphatic heterocycles. The maximum Gasteiger partial charge on any atom is 0.352 e. The Balaban J connectivity index is 2.02. The number of carboxylic acids is 1. The molecular weight excluding hydrogens is 452 g/mol. The normalized spacial score (nSPS) is 11.0. The lowest BCUT2D eigenvalue weighted by molar-refractivity contribution is 0.0583. The van der Waals surface area contributed by atoms with Crippen LogP contribution in [0.5, 0.6) is 0 Å². The van der Waals surface area contributed by atoms with Crippen LogP contribution in [0.3, 0.4) is 0 Å². The number of aryl methyl sites for hydroxylation is 1. The van der Waals surface area contributed by atoms with Gasteiger partial charge in [0.25, 0.3) is 10.0 Å². The molecule has 0 saturated heterocycles. The number of hydrogen-bond donors (Lipinski definition) is 2. The lowest BCUT2D eigenvalue weighted by Crippen LogP contribution is -2.19. The number of benzene rings is 2. The van der Waals surface area contributed by atoms with Crippen LogP contribution in [0.1, 0.15) is 36.8 Å². The van der Waals surface area contributed by atoms with E-state index in [2.05, 4.69) is 14.2 Å². The zero-order valence-corrected chi connectivity index (χ0v) is 18.7. The Labute approximate surface area is 189 Å². The molecule has 0 aliphatic carbocycles. The molecule has 3 aromatic rings. The number of carbonyl (C=O) groups is 3. The second kappa shape index (κ2) is 9.17. The highest BCUT2D eigenvalue weighted by atomic mass is 32.2. The van der Waals surface area contributed by atoms with Gasteiger partial charge in [0.1, 0.15) is 10.6 Å². The Kier molecular flexibility index (Phi) is 6.54. The average molecular weight is 472 g/mol. The number of anilines is 1. The highest BCUT2D eigenvalue weighted by molar-refractivity contribution is 7.92. The number of carboxylic acid groups (broad SMARTS) is 1. The second-order valence-corrected chi connectivity index (χ2v) is 8.52. The molecule has 0 aliphatic rings. The summed E-state index contributed by atoms with van der Waals surface area (Å²) in [6, 6.07) is 11.0. The summed E-state index contributed by atoms with van der Waals surface area (Å²) in [5, 5.41) is 9.33. The molecule has 3 rings (SSSR count). The van der Waals surface area contributed by atoms with Crippen molar-refractivity contribution in [3.8, 4) is 5.69 Å². The van der Waals surface area contributed by atoms with Gasteiger partial charge in [0.05, 0.1) is 25.3 Å². The minimum atomic E-state index is -4.33. The minimum Gasteiger partial charge on any atom is -0.477 e. The molecule has 0 spiro atoms. The molecule has 2 N–H and O–H groups in total. The van der Waals surface area contributed by atoms with Gasteiger partial charge in [0.2, 0.25) is 0 Å². The monoisotopic (exact) mass is 472 g/mol. The molecule has 0 unspecified atom stereocenters. The summed E-state index contributed by atoms with van der Waals surface area (Å²) in [5.74, 6) is -2.78. The van der Waals surface area contributed by atoms with Crippen LogP contribution >= 0.6 is 0 Å². The number of methoxy groups -OCH3 is 2. The van der Waals surface area contributed by atoms with Crippen molar-refractivity contribution in [3.63, 3.8) is 0 Å². The number of esters is 2. The van der Waals surface area contributed by atoms with Crippen molar-refractivity contribution in [1.29, 1.82) is 0 Å². The van der Waals surface area contributed by atoms with Gasteiger partial charge in [-0.2, -0.15) is 0 Å². The molecular formula is C22H20N2O8S. The topological polar surface area (TPSA) is 141 Å². The van der Waals surface area contributed by atoms with Crippen LogP contribution in [0, 0.1) is 6.92 Å². The summed E-state index contributed by atoms with van der Waals surface area (Å²) in [6.07, 6.45) is 1.58. The SMILES string of the molecule is COC(=O)c1ccc(C(=O)OC)c(S(=O)(=O)Nc2ccc(-n3cccc3C(=O)O)c(C)c2)c1. The standard InChI is InChI=1S/C22H20N2O8S/c1-13-11-15(7-9-17(13)24-10-4-5-18(24)20(25)26)23-33(29,30)19-12-14(21(27)31-2)6-8-16(19)22(28)32-3/h4-12,23H,1-3H3,(H,25,26). The molecule has 1 aromatic heterocycles. The fourth-order valence-electron chi connectivity index (χ4n) is 3.23. The number of ether oxygens (including phenoxy) is 2. The molecule has 10 nitrogen and oxygen atoms in total. The van der Waals surface area contributed by atoms with Gasteiger partial charge < -0.3 is 19.1 Å². The maximum absolute atomic E-state index is 13.1. The lowest BCUT2D eigenvalue weighted by Gasteiger charge is -2.15. The van der Waals surface area contributed by atoms with E-state index in [0.717, 1.165) is 20.3 Å². The number of sulfonamides is 1. The van der Waals surface area contributed by atoms with E-state index in [1.54, 1.807) is 25.3 Å². The van der Waals surface area contributed by atoms with E-state index in [0.29, 0.717) is 11.3 Å². The van der Waals surface area contributed by atoms with Gasteiger partial charge in [-0.25, -0.2) is 22.8 Å². The second-order valence-electron chi connectivity index (χ2n) is 6.87. The van der Waals surface area contributed by atoms with E-state index in [4.69, 9.17) is 0 Å². The Morgan fingerprint density at radius 3 is 2.27 bits per heavy atom. The summed E-state index contributed by atoms with van der Waals surface area (Å²) < 4.78 is 39.4. The van der Waals surface area contributed by atoms with Crippen LogP contribution in [-0.4, -0.2) is 50.2 Å². The maximum atomic E-state index is 13.1. The van der Waals surface area contributed by atoms with E-state index < -0.39 is 32.8 Å². The largest absolute Gasteiger partial charge is 0.477 e. The molecule has 0 fully saturated rings. The third-order valence-electron chi connectivity index (χ3n) is 4.77. The summed E-state index contributed by atoms with van der Waals surface area (Å²) in [7, 11) is -2.07. The van der Waals surface area contributed by atoms with Gasteiger partial charge in [-0.1, -0.05) is 0 Å². The number of carbonyl (C=O) groups excluding carboxylic acids is 2. The van der Waals surface area contributed by atoms with Crippen LogP contribution in [-0.2, 0) is 19.5 Å². The Morgan fingerprint density at radius 2 is 1.67 bits per heavy atom. The van der Waals surface area contributed by atoms with E-state index in [-0.39, 0.29) is 22.5 Å². The summed E-state index contributed by atoms with van der Waals surface area (Å²) in [6.45, 7) is 1.69. The first-order valence-electron chi connectivity index (χ1n) is 9.44. The number of nitrogens with zero attached hydrogens (tertiary/aromatic N) is 1. The first-order valence-corrected chi connectivity index (χ1v) is 10.9. The lowest BCUT2D eigenvalue weighted by atomic mass is 10.1. The Morgan fingerprint density at radius 1 is 0.970 bits per heavy atom. The van der Waals surface area contributed by atoms with Crippen molar-refractivity contribution in [2.45, 2.75) is 11.8 Å². The highest BCUT2D eigenvalue weighted by Gasteiger charge is 2.25. The Bertz CT molecular complexity index is 1360. The highest BCUT2D eigenvalue weighted by Crippen LogP contribution is 2.26. The van der Waals surface area contributed by atoms with Crippen molar-refractivity contribution < 1.29 is 37.4 Å². The molecule has 33 heavy (non-hydrogen) atoms. The molecule has 0 radical (unpaired) electrons. The van der Waals surface area contributed by atoms with Gasteiger partial charge >= 0.3 is 17.9 Å². The predicted octanol–water partition coefficient (Wildman–Crippen LogP) is 2.86. The summed E-state index contributed by atoms with van der Waals surface area (Å²) >= 11 is 0. The van der Waals surface area contributed by atoms with E-state index in [1.165, 1.54) is 34.9 Å². The van der Waals surface area contributed by atoms with Crippen LogP contribution in [0.25, 0.3) is 5.69 Å². The first-order chi connectivity index (χ1) is 15.6. The van der Waals surface area contributed by atoms with Crippen molar-refractivity contribution in [3.05, 3.63) is 77.1 Å². The number of aromatic nitrogens is 1. The zero-order chi connectivity index (χ0) is 24.3. The average Bonchev–Trinajstić information content (AvgIpc) is 3.27. The van der Waals surface area contributed by atoms with Crippen molar-refractivity contribution in [2.24, 2.45) is 0 Å². The Hall–Kier alpha value is -4.12. The third-order valence-corrected chi connectivity index (χ3v) is 6.20. The summed E-state index contributed by atoms with van der Waals surface area (Å²) in [5.41, 5.74) is 1.03. The smallest absolute Gasteiger partial charge is 0.352 e. The number of hydrogen-bond acceptors (Lipinski definition) is 7. The van der Waals surface area contributed by atoms with Crippen molar-refractivity contribution >= 4 is 33.6 Å². The number of rotatable bonds is 7. The number of aromatic carboxylic acids is 1. The molecule has 0 atom stereocenters. The van der Waals surface area contributed by atoms with Gasteiger partial charge in [-0.15, -0.1) is 0 Å². The zero-order valence-electron chi connectivity index (χ0n) is 17.9. The molecule has 0 bridgehead atoms. The van der Waals surface area contributed by atoms with Gasteiger partial charge in [-0.3, -0.25) is 4.72 Å².